The molecule has 8 heteroatoms. The van der Waals surface area contributed by atoms with E-state index in [0.717, 1.165) is 36.8 Å². The molecule has 0 radical (unpaired) electrons. The first-order chi connectivity index (χ1) is 15.1. The van der Waals surface area contributed by atoms with Crippen LogP contribution in [0, 0.1) is 0 Å². The third kappa shape index (κ3) is 5.64. The van der Waals surface area contributed by atoms with E-state index in [1.807, 2.05) is 48.5 Å². The lowest BCUT2D eigenvalue weighted by Gasteiger charge is -2.36. The summed E-state index contributed by atoms with van der Waals surface area (Å²) in [4.78, 5) is 12.8. The smallest absolute Gasteiger partial charge is 0.220 e. The summed E-state index contributed by atoms with van der Waals surface area (Å²) >= 11 is 5.98. The topological polar surface area (TPSA) is 87.7 Å². The van der Waals surface area contributed by atoms with Gasteiger partial charge >= 0.3 is 0 Å². The zero-order valence-corrected chi connectivity index (χ0v) is 17.9. The van der Waals surface area contributed by atoms with Gasteiger partial charge in [0, 0.05) is 55.2 Å². The van der Waals surface area contributed by atoms with Crippen LogP contribution in [0.2, 0.25) is 5.02 Å². The van der Waals surface area contributed by atoms with Gasteiger partial charge in [-0.2, -0.15) is 0 Å². The lowest BCUT2D eigenvalue weighted by molar-refractivity contribution is 0.0665. The largest absolute Gasteiger partial charge is 0.490 e. The number of aliphatic hydroxyl groups is 1. The van der Waals surface area contributed by atoms with Gasteiger partial charge in [0.1, 0.15) is 18.5 Å². The second kappa shape index (κ2) is 9.96. The first-order valence-electron chi connectivity index (χ1n) is 10.3. The molecule has 0 spiro atoms. The van der Waals surface area contributed by atoms with Gasteiger partial charge in [0.15, 0.2) is 0 Å². The maximum Gasteiger partial charge on any atom is 0.220 e. The van der Waals surface area contributed by atoms with E-state index in [1.165, 1.54) is 5.69 Å². The number of aliphatic hydroxyl groups excluding tert-OH is 1. The van der Waals surface area contributed by atoms with Crippen LogP contribution < -0.4 is 15.4 Å². The maximum atomic E-state index is 10.5. The molecule has 4 rings (SSSR count). The number of β-amino-alcohol motifs (C(OH)–C–C–N with tert-alkyl or cyclic N) is 1. The molecule has 3 aromatic rings. The van der Waals surface area contributed by atoms with E-state index < -0.39 is 6.10 Å². The van der Waals surface area contributed by atoms with E-state index in [9.17, 15) is 5.11 Å². The van der Waals surface area contributed by atoms with Crippen LogP contribution in [-0.4, -0.2) is 65.4 Å². The molecule has 1 aliphatic heterocycles. The quantitative estimate of drug-likeness (QED) is 0.585. The van der Waals surface area contributed by atoms with E-state index in [-0.39, 0.29) is 12.6 Å². The Hall–Kier alpha value is -2.87. The van der Waals surface area contributed by atoms with Gasteiger partial charge in [-0.25, -0.2) is 9.97 Å². The summed E-state index contributed by atoms with van der Waals surface area (Å²) in [6.07, 6.45) is 1.03. The molecule has 7 nitrogen and oxygen atoms in total. The number of nitrogens with zero attached hydrogens (tertiary/aromatic N) is 4. The Bertz CT molecular complexity index is 993. The highest BCUT2D eigenvalue weighted by molar-refractivity contribution is 6.30. The van der Waals surface area contributed by atoms with Crippen LogP contribution in [0.5, 0.6) is 5.75 Å². The molecule has 3 N–H and O–H groups in total. The number of hydrogen-bond donors (Lipinski definition) is 2. The van der Waals surface area contributed by atoms with Crippen molar-refractivity contribution in [3.8, 4) is 17.0 Å². The SMILES string of the molecule is Nc1nccc(-c2ccccc2OCC(O)CN2CCN(c3ccc(Cl)cc3)CC2)n1. The van der Waals surface area contributed by atoms with Crippen LogP contribution in [0.1, 0.15) is 0 Å². The Kier molecular flexibility index (Phi) is 6.86. The van der Waals surface area contributed by atoms with E-state index in [1.54, 1.807) is 12.3 Å². The summed E-state index contributed by atoms with van der Waals surface area (Å²) in [5, 5.41) is 11.3. The molecule has 0 amide bonds. The summed E-state index contributed by atoms with van der Waals surface area (Å²) < 4.78 is 5.94. The number of hydrogen-bond acceptors (Lipinski definition) is 7. The summed E-state index contributed by atoms with van der Waals surface area (Å²) in [6.45, 7) is 4.36. The molecule has 0 saturated carbocycles. The fraction of sp³-hybridized carbons (Fsp3) is 0.304. The molecule has 2 heterocycles. The fourth-order valence-electron chi connectivity index (χ4n) is 3.71. The minimum absolute atomic E-state index is 0.203. The highest BCUT2D eigenvalue weighted by Crippen LogP contribution is 2.28. The number of anilines is 2. The van der Waals surface area contributed by atoms with Gasteiger partial charge in [0.25, 0.3) is 0 Å². The summed E-state index contributed by atoms with van der Waals surface area (Å²) in [5.74, 6) is 0.872. The first-order valence-corrected chi connectivity index (χ1v) is 10.7. The number of nitrogen functional groups attached to an aromatic ring is 1. The minimum Gasteiger partial charge on any atom is -0.490 e. The molecule has 162 valence electrons. The van der Waals surface area contributed by atoms with Gasteiger partial charge in [-0.05, 0) is 42.5 Å². The van der Waals surface area contributed by atoms with Crippen LogP contribution in [0.15, 0.2) is 60.8 Å². The lowest BCUT2D eigenvalue weighted by atomic mass is 10.1. The number of halogens is 1. The second-order valence-electron chi connectivity index (χ2n) is 7.53. The molecular formula is C23H26ClN5O2. The molecule has 1 fully saturated rings. The highest BCUT2D eigenvalue weighted by atomic mass is 35.5. The van der Waals surface area contributed by atoms with Crippen molar-refractivity contribution >= 4 is 23.2 Å². The van der Waals surface area contributed by atoms with Crippen molar-refractivity contribution in [3.05, 3.63) is 65.8 Å². The molecule has 1 atom stereocenters. The zero-order chi connectivity index (χ0) is 21.6. The van der Waals surface area contributed by atoms with E-state index in [0.29, 0.717) is 18.0 Å². The van der Waals surface area contributed by atoms with Crippen molar-refractivity contribution in [2.45, 2.75) is 6.10 Å². The number of piperazine rings is 1. The van der Waals surface area contributed by atoms with Gasteiger partial charge in [-0.3, -0.25) is 4.90 Å². The number of para-hydroxylation sites is 1. The number of nitrogens with two attached hydrogens (primary N) is 1. The molecule has 1 aliphatic rings. The highest BCUT2D eigenvalue weighted by Gasteiger charge is 2.20. The third-order valence-corrected chi connectivity index (χ3v) is 5.55. The molecule has 0 aliphatic carbocycles. The number of ether oxygens (including phenoxy) is 1. The Labute approximate surface area is 187 Å². The average Bonchev–Trinajstić information content (AvgIpc) is 2.79. The molecule has 1 unspecified atom stereocenters. The summed E-state index contributed by atoms with van der Waals surface area (Å²) in [5.41, 5.74) is 8.39. The van der Waals surface area contributed by atoms with E-state index >= 15 is 0 Å². The molecule has 31 heavy (non-hydrogen) atoms. The Morgan fingerprint density at radius 1 is 1.03 bits per heavy atom. The Morgan fingerprint density at radius 2 is 1.77 bits per heavy atom. The zero-order valence-electron chi connectivity index (χ0n) is 17.2. The fourth-order valence-corrected chi connectivity index (χ4v) is 3.83. The molecular weight excluding hydrogens is 414 g/mol. The van der Waals surface area contributed by atoms with Crippen LogP contribution in [0.3, 0.4) is 0 Å². The van der Waals surface area contributed by atoms with Gasteiger partial charge in [0.05, 0.1) is 5.69 Å². The first kappa shape index (κ1) is 21.4. The van der Waals surface area contributed by atoms with Gasteiger partial charge < -0.3 is 20.5 Å². The third-order valence-electron chi connectivity index (χ3n) is 5.30. The van der Waals surface area contributed by atoms with Crippen LogP contribution in [-0.2, 0) is 0 Å². The normalized spacial score (nSPS) is 15.6. The standard InChI is InChI=1S/C23H26ClN5O2/c24-17-5-7-18(8-6-17)29-13-11-28(12-14-29)15-19(30)16-31-22-4-2-1-3-20(22)21-9-10-26-23(25)27-21/h1-10,19,30H,11-16H2,(H2,25,26,27). The minimum atomic E-state index is -0.592. The van der Waals surface area contributed by atoms with Crippen molar-refractivity contribution in [1.29, 1.82) is 0 Å². The number of benzene rings is 2. The van der Waals surface area contributed by atoms with Crippen LogP contribution in [0.4, 0.5) is 11.6 Å². The van der Waals surface area contributed by atoms with Crippen molar-refractivity contribution < 1.29 is 9.84 Å². The summed E-state index contributed by atoms with van der Waals surface area (Å²) in [6, 6.07) is 17.3. The second-order valence-corrected chi connectivity index (χ2v) is 7.96. The molecule has 2 aromatic carbocycles. The van der Waals surface area contributed by atoms with Crippen LogP contribution in [0.25, 0.3) is 11.3 Å². The predicted molar refractivity (Wildman–Crippen MR) is 123 cm³/mol. The number of rotatable bonds is 7. The molecule has 1 saturated heterocycles. The predicted octanol–water partition coefficient (Wildman–Crippen LogP) is 2.94. The van der Waals surface area contributed by atoms with Crippen LogP contribution >= 0.6 is 11.6 Å². The van der Waals surface area contributed by atoms with Gasteiger partial charge in [-0.15, -0.1) is 0 Å². The van der Waals surface area contributed by atoms with Gasteiger partial charge in [-0.1, -0.05) is 23.7 Å². The van der Waals surface area contributed by atoms with Crippen molar-refractivity contribution in [2.75, 3.05) is 50.0 Å². The molecule has 0 bridgehead atoms. The monoisotopic (exact) mass is 439 g/mol. The average molecular weight is 440 g/mol. The van der Waals surface area contributed by atoms with Crippen molar-refractivity contribution in [3.63, 3.8) is 0 Å². The Morgan fingerprint density at radius 3 is 2.52 bits per heavy atom. The van der Waals surface area contributed by atoms with E-state index in [4.69, 9.17) is 22.1 Å². The van der Waals surface area contributed by atoms with Crippen molar-refractivity contribution in [1.82, 2.24) is 14.9 Å². The van der Waals surface area contributed by atoms with Gasteiger partial charge in [0.2, 0.25) is 5.95 Å². The van der Waals surface area contributed by atoms with Crippen molar-refractivity contribution in [2.24, 2.45) is 0 Å². The lowest BCUT2D eigenvalue weighted by Crippen LogP contribution is -2.49. The Balaban J connectivity index is 1.29. The summed E-state index contributed by atoms with van der Waals surface area (Å²) in [7, 11) is 0. The molecule has 1 aromatic heterocycles. The van der Waals surface area contributed by atoms with E-state index in [2.05, 4.69) is 19.8 Å². The maximum absolute atomic E-state index is 10.5. The number of aromatic nitrogens is 2.